The van der Waals surface area contributed by atoms with Gasteiger partial charge in [-0.2, -0.15) is 0 Å². The van der Waals surface area contributed by atoms with Crippen LogP contribution in [0.4, 0.5) is 0 Å². The Bertz CT molecular complexity index is 701. The lowest BCUT2D eigenvalue weighted by atomic mass is 10.1. The summed E-state index contributed by atoms with van der Waals surface area (Å²) in [6, 6.07) is 3.67. The Labute approximate surface area is 142 Å². The fraction of sp³-hybridized carbons (Fsp3) is 0.250. The first-order valence-corrected chi connectivity index (χ1v) is 7.65. The maximum Gasteiger partial charge on any atom is 0.367 e. The Hall–Kier alpha value is -2.01. The van der Waals surface area contributed by atoms with Crippen LogP contribution in [0, 0.1) is 15.9 Å². The van der Waals surface area contributed by atoms with E-state index in [1.807, 2.05) is 13.0 Å². The van der Waals surface area contributed by atoms with E-state index in [0.717, 1.165) is 9.13 Å². The zero-order valence-corrected chi connectivity index (χ0v) is 14.3. The van der Waals surface area contributed by atoms with Gasteiger partial charge in [-0.05, 0) is 60.2 Å². The second kappa shape index (κ2) is 7.31. The molecule has 0 unspecified atom stereocenters. The van der Waals surface area contributed by atoms with Gasteiger partial charge in [0.15, 0.2) is 11.5 Å². The highest BCUT2D eigenvalue weighted by atomic mass is 127. The monoisotopic (exact) mass is 411 g/mol. The second-order valence-electron chi connectivity index (χ2n) is 4.37. The number of hydrogen-bond donors (Lipinski definition) is 0. The Kier molecular flexibility index (Phi) is 5.44. The highest BCUT2D eigenvalue weighted by Gasteiger charge is 2.22. The molecule has 1 aromatic carbocycles. The smallest absolute Gasteiger partial charge is 0.367 e. The molecule has 0 amide bonds. The summed E-state index contributed by atoms with van der Waals surface area (Å²) in [5, 5.41) is 3.65. The minimum Gasteiger partial charge on any atom is -0.490 e. The highest BCUT2D eigenvalue weighted by Crippen LogP contribution is 2.35. The number of hydrogen-bond acceptors (Lipinski definition) is 5. The summed E-state index contributed by atoms with van der Waals surface area (Å²) in [7, 11) is 0. The largest absolute Gasteiger partial charge is 0.490 e. The summed E-state index contributed by atoms with van der Waals surface area (Å²) in [6.07, 6.45) is 6.94. The van der Waals surface area contributed by atoms with Gasteiger partial charge in [0.2, 0.25) is 0 Å². The lowest BCUT2D eigenvalue weighted by Gasteiger charge is -2.13. The Morgan fingerprint density at radius 1 is 1.45 bits per heavy atom. The molecule has 0 bridgehead atoms. The van der Waals surface area contributed by atoms with Crippen LogP contribution in [0.5, 0.6) is 11.5 Å². The van der Waals surface area contributed by atoms with Gasteiger partial charge in [-0.25, -0.2) is 4.79 Å². The molecule has 1 aliphatic heterocycles. The molecule has 0 atom stereocenters. The predicted molar refractivity (Wildman–Crippen MR) is 91.8 cm³/mol. The molecule has 0 saturated heterocycles. The Morgan fingerprint density at radius 2 is 2.23 bits per heavy atom. The molecule has 1 aliphatic rings. The van der Waals surface area contributed by atoms with Crippen molar-refractivity contribution in [1.82, 2.24) is 0 Å². The molecule has 0 N–H and O–H groups in total. The normalized spacial score (nSPS) is 15.3. The van der Waals surface area contributed by atoms with Crippen molar-refractivity contribution in [3.63, 3.8) is 0 Å². The van der Waals surface area contributed by atoms with Gasteiger partial charge in [0.05, 0.1) is 21.5 Å². The highest BCUT2D eigenvalue weighted by molar-refractivity contribution is 14.1. The molecule has 0 radical (unpaired) electrons. The summed E-state index contributed by atoms with van der Waals surface area (Å²) in [6.45, 7) is 4.25. The zero-order valence-electron chi connectivity index (χ0n) is 12.2. The maximum absolute atomic E-state index is 11.6. The quantitative estimate of drug-likeness (QED) is 0.324. The van der Waals surface area contributed by atoms with Crippen molar-refractivity contribution in [2.45, 2.75) is 13.8 Å². The third-order valence-electron chi connectivity index (χ3n) is 2.82. The zero-order chi connectivity index (χ0) is 16.1. The first-order valence-electron chi connectivity index (χ1n) is 6.57. The third kappa shape index (κ3) is 3.60. The Morgan fingerprint density at radius 3 is 2.82 bits per heavy atom. The van der Waals surface area contributed by atoms with Crippen molar-refractivity contribution in [1.29, 1.82) is 0 Å². The standard InChI is InChI=1S/C16H14INO4/c1-4-6-21-15-13(17)8-11(9-14(15)20-5-2)7-12-10(3)18-22-16(12)19/h1,7-9H,5-6H2,2-3H3/b12-7+. The van der Waals surface area contributed by atoms with Gasteiger partial charge in [-0.3, -0.25) is 0 Å². The van der Waals surface area contributed by atoms with E-state index in [1.165, 1.54) is 0 Å². The van der Waals surface area contributed by atoms with Crippen molar-refractivity contribution in [2.24, 2.45) is 5.16 Å². The average Bonchev–Trinajstić information content (AvgIpc) is 2.79. The first-order chi connectivity index (χ1) is 10.6. The molecule has 0 aliphatic carbocycles. The molecule has 0 saturated carbocycles. The predicted octanol–water partition coefficient (Wildman–Crippen LogP) is 3.02. The molecule has 1 heterocycles. The minimum atomic E-state index is -0.460. The van der Waals surface area contributed by atoms with Crippen LogP contribution in [0.2, 0.25) is 0 Å². The number of benzene rings is 1. The SMILES string of the molecule is C#CCOc1c(I)cc(/C=C2/C(=O)ON=C2C)cc1OCC. The summed E-state index contributed by atoms with van der Waals surface area (Å²) in [4.78, 5) is 16.2. The van der Waals surface area contributed by atoms with Gasteiger partial charge < -0.3 is 14.3 Å². The fourth-order valence-corrected chi connectivity index (χ4v) is 2.66. The molecule has 0 aromatic heterocycles. The summed E-state index contributed by atoms with van der Waals surface area (Å²) < 4.78 is 12.0. The van der Waals surface area contributed by atoms with Gasteiger partial charge in [0.1, 0.15) is 6.61 Å². The van der Waals surface area contributed by atoms with Crippen LogP contribution in [0.1, 0.15) is 19.4 Å². The van der Waals surface area contributed by atoms with Crippen molar-refractivity contribution in [3.8, 4) is 23.8 Å². The molecule has 22 heavy (non-hydrogen) atoms. The lowest BCUT2D eigenvalue weighted by molar-refractivity contribution is -0.136. The van der Waals surface area contributed by atoms with Crippen LogP contribution in [0.25, 0.3) is 6.08 Å². The van der Waals surface area contributed by atoms with Gasteiger partial charge in [0, 0.05) is 0 Å². The molecule has 0 fully saturated rings. The van der Waals surface area contributed by atoms with Crippen LogP contribution in [-0.2, 0) is 9.63 Å². The Balaban J connectivity index is 2.42. The van der Waals surface area contributed by atoms with Gasteiger partial charge in [-0.15, -0.1) is 6.42 Å². The van der Waals surface area contributed by atoms with Crippen molar-refractivity contribution >= 4 is 40.3 Å². The van der Waals surface area contributed by atoms with E-state index in [2.05, 4.69) is 38.5 Å². The summed E-state index contributed by atoms with van der Waals surface area (Å²) in [5.41, 5.74) is 1.77. The summed E-state index contributed by atoms with van der Waals surface area (Å²) in [5.74, 6) is 3.15. The maximum atomic E-state index is 11.6. The van der Waals surface area contributed by atoms with E-state index in [-0.39, 0.29) is 6.61 Å². The number of carbonyl (C=O) groups excluding carboxylic acids is 1. The van der Waals surface area contributed by atoms with E-state index in [1.54, 1.807) is 19.1 Å². The van der Waals surface area contributed by atoms with E-state index in [4.69, 9.17) is 15.9 Å². The third-order valence-corrected chi connectivity index (χ3v) is 3.62. The molecule has 2 rings (SSSR count). The van der Waals surface area contributed by atoms with E-state index >= 15 is 0 Å². The first kappa shape index (κ1) is 16.4. The van der Waals surface area contributed by atoms with E-state index in [9.17, 15) is 4.79 Å². The molecular formula is C16H14INO4. The van der Waals surface area contributed by atoms with E-state index in [0.29, 0.717) is 29.4 Å². The molecule has 6 heteroatoms. The number of oxime groups is 1. The number of rotatable bonds is 5. The lowest BCUT2D eigenvalue weighted by Crippen LogP contribution is -2.03. The van der Waals surface area contributed by atoms with Crippen LogP contribution >= 0.6 is 22.6 Å². The molecule has 0 spiro atoms. The number of halogens is 1. The number of terminal acetylenes is 1. The molecular weight excluding hydrogens is 397 g/mol. The van der Waals surface area contributed by atoms with Gasteiger partial charge in [0.25, 0.3) is 0 Å². The van der Waals surface area contributed by atoms with Crippen LogP contribution in [0.15, 0.2) is 22.9 Å². The minimum absolute atomic E-state index is 0.161. The molecule has 1 aromatic rings. The molecule has 114 valence electrons. The van der Waals surface area contributed by atoms with Crippen molar-refractivity contribution < 1.29 is 19.1 Å². The van der Waals surface area contributed by atoms with Crippen LogP contribution in [0.3, 0.4) is 0 Å². The van der Waals surface area contributed by atoms with E-state index < -0.39 is 5.97 Å². The average molecular weight is 411 g/mol. The van der Waals surface area contributed by atoms with Gasteiger partial charge in [-0.1, -0.05) is 11.1 Å². The van der Waals surface area contributed by atoms with Gasteiger partial charge >= 0.3 is 5.97 Å². The second-order valence-corrected chi connectivity index (χ2v) is 5.53. The van der Waals surface area contributed by atoms with Crippen LogP contribution in [-0.4, -0.2) is 24.9 Å². The number of ether oxygens (including phenoxy) is 2. The number of carbonyl (C=O) groups is 1. The van der Waals surface area contributed by atoms with Crippen molar-refractivity contribution in [2.75, 3.05) is 13.2 Å². The topological polar surface area (TPSA) is 57.1 Å². The molecule has 5 nitrogen and oxygen atoms in total. The van der Waals surface area contributed by atoms with Crippen LogP contribution < -0.4 is 9.47 Å². The summed E-state index contributed by atoms with van der Waals surface area (Å²) >= 11 is 2.14. The fourth-order valence-electron chi connectivity index (χ4n) is 1.87. The van der Waals surface area contributed by atoms with Crippen molar-refractivity contribution in [3.05, 3.63) is 26.8 Å². The number of nitrogens with zero attached hydrogens (tertiary/aromatic N) is 1.